The third kappa shape index (κ3) is 9.09. The summed E-state index contributed by atoms with van der Waals surface area (Å²) < 4.78 is 11.3. The van der Waals surface area contributed by atoms with Crippen LogP contribution in [-0.2, 0) is 13.0 Å². The van der Waals surface area contributed by atoms with E-state index in [0.717, 1.165) is 80.6 Å². The first-order chi connectivity index (χ1) is 21.6. The van der Waals surface area contributed by atoms with Gasteiger partial charge in [-0.1, -0.05) is 80.8 Å². The van der Waals surface area contributed by atoms with E-state index < -0.39 is 0 Å². The van der Waals surface area contributed by atoms with E-state index >= 15 is 0 Å². The van der Waals surface area contributed by atoms with Crippen LogP contribution in [0.25, 0.3) is 10.8 Å². The van der Waals surface area contributed by atoms with Gasteiger partial charge in [0.05, 0.1) is 13.7 Å². The smallest absolute Gasteiger partial charge is 0.251 e. The Morgan fingerprint density at radius 2 is 1.57 bits per heavy atom. The number of carbonyl (C=O) groups is 1. The molecular formula is C39H48N2O3. The van der Waals surface area contributed by atoms with Crippen LogP contribution in [0, 0.1) is 5.92 Å². The van der Waals surface area contributed by atoms with Gasteiger partial charge in [-0.25, -0.2) is 0 Å². The van der Waals surface area contributed by atoms with Gasteiger partial charge in [-0.3, -0.25) is 9.69 Å². The second kappa shape index (κ2) is 16.3. The molecule has 1 aliphatic heterocycles. The predicted molar refractivity (Wildman–Crippen MR) is 181 cm³/mol. The van der Waals surface area contributed by atoms with Crippen LogP contribution in [0.15, 0.2) is 91.0 Å². The van der Waals surface area contributed by atoms with E-state index in [-0.39, 0.29) is 11.9 Å². The number of methoxy groups -OCH3 is 1. The van der Waals surface area contributed by atoms with Crippen molar-refractivity contribution in [2.24, 2.45) is 5.92 Å². The van der Waals surface area contributed by atoms with Crippen molar-refractivity contribution in [1.29, 1.82) is 0 Å². The molecule has 0 aromatic heterocycles. The van der Waals surface area contributed by atoms with Crippen LogP contribution in [0.3, 0.4) is 0 Å². The van der Waals surface area contributed by atoms with Crippen LogP contribution < -0.4 is 14.8 Å². The molecule has 0 saturated carbocycles. The number of rotatable bonds is 15. The third-order valence-electron chi connectivity index (χ3n) is 9.01. The van der Waals surface area contributed by atoms with Crippen LogP contribution in [0.2, 0.25) is 0 Å². The number of carbonyl (C=O) groups excluding carboxylic acids is 1. The van der Waals surface area contributed by atoms with E-state index in [2.05, 4.69) is 71.7 Å². The van der Waals surface area contributed by atoms with Crippen molar-refractivity contribution in [3.05, 3.63) is 108 Å². The minimum absolute atomic E-state index is 0.0156. The fraction of sp³-hybridized carbons (Fsp3) is 0.410. The third-order valence-corrected chi connectivity index (χ3v) is 9.01. The molecule has 232 valence electrons. The maximum absolute atomic E-state index is 13.6. The Bertz CT molecular complexity index is 1450. The molecule has 4 aromatic carbocycles. The first-order valence-electron chi connectivity index (χ1n) is 16.5. The van der Waals surface area contributed by atoms with Gasteiger partial charge in [0.25, 0.3) is 5.91 Å². The molecule has 1 heterocycles. The lowest BCUT2D eigenvalue weighted by Gasteiger charge is -2.36. The molecule has 5 rings (SSSR count). The summed E-state index contributed by atoms with van der Waals surface area (Å²) in [6.07, 6.45) is 8.81. The maximum Gasteiger partial charge on any atom is 0.251 e. The Kier molecular flexibility index (Phi) is 11.7. The van der Waals surface area contributed by atoms with Gasteiger partial charge in [-0.2, -0.15) is 0 Å². The maximum atomic E-state index is 13.6. The highest BCUT2D eigenvalue weighted by Crippen LogP contribution is 2.27. The molecule has 0 bridgehead atoms. The van der Waals surface area contributed by atoms with Gasteiger partial charge < -0.3 is 14.8 Å². The summed E-state index contributed by atoms with van der Waals surface area (Å²) >= 11 is 0. The molecule has 1 amide bonds. The quantitative estimate of drug-likeness (QED) is 0.141. The molecule has 1 unspecified atom stereocenters. The van der Waals surface area contributed by atoms with Gasteiger partial charge in [0.15, 0.2) is 0 Å². The number of aryl methyl sites for hydroxylation is 1. The highest BCUT2D eigenvalue weighted by atomic mass is 16.5. The van der Waals surface area contributed by atoms with Crippen LogP contribution in [-0.4, -0.2) is 43.7 Å². The number of nitrogens with zero attached hydrogens (tertiary/aromatic N) is 1. The number of unbranched alkanes of at least 4 members (excludes halogenated alkanes) is 3. The molecule has 4 aromatic rings. The van der Waals surface area contributed by atoms with E-state index in [4.69, 9.17) is 9.47 Å². The van der Waals surface area contributed by atoms with Crippen LogP contribution >= 0.6 is 0 Å². The van der Waals surface area contributed by atoms with Crippen molar-refractivity contribution >= 4 is 16.7 Å². The number of hydrogen-bond acceptors (Lipinski definition) is 4. The Morgan fingerprint density at radius 3 is 2.32 bits per heavy atom. The molecule has 1 aliphatic rings. The van der Waals surface area contributed by atoms with Crippen molar-refractivity contribution in [3.63, 3.8) is 0 Å². The number of likely N-dealkylation sites (tertiary alicyclic amines) is 1. The molecule has 5 heteroatoms. The summed E-state index contributed by atoms with van der Waals surface area (Å²) in [5.41, 5.74) is 3.34. The number of amides is 1. The van der Waals surface area contributed by atoms with Gasteiger partial charge in [-0.15, -0.1) is 0 Å². The van der Waals surface area contributed by atoms with E-state index in [0.29, 0.717) is 11.5 Å². The van der Waals surface area contributed by atoms with Crippen LogP contribution in [0.4, 0.5) is 0 Å². The number of piperidine rings is 1. The number of fused-ring (bicyclic) bond motifs is 1. The van der Waals surface area contributed by atoms with Crippen LogP contribution in [0.1, 0.15) is 73.4 Å². The Hall–Kier alpha value is -3.83. The highest BCUT2D eigenvalue weighted by molar-refractivity contribution is 5.99. The Balaban J connectivity index is 1.21. The Morgan fingerprint density at radius 1 is 0.841 bits per heavy atom. The molecule has 1 fully saturated rings. The van der Waals surface area contributed by atoms with E-state index in [1.54, 1.807) is 7.11 Å². The summed E-state index contributed by atoms with van der Waals surface area (Å²) in [4.78, 5) is 16.2. The van der Waals surface area contributed by atoms with Gasteiger partial charge in [0.2, 0.25) is 0 Å². The van der Waals surface area contributed by atoms with E-state index in [1.807, 2.05) is 36.4 Å². The molecule has 5 nitrogen and oxygen atoms in total. The summed E-state index contributed by atoms with van der Waals surface area (Å²) in [6.45, 7) is 5.98. The second-order valence-electron chi connectivity index (χ2n) is 12.2. The van der Waals surface area contributed by atoms with Crippen molar-refractivity contribution in [1.82, 2.24) is 10.2 Å². The molecule has 0 spiro atoms. The normalized spacial score (nSPS) is 14.8. The van der Waals surface area contributed by atoms with Crippen molar-refractivity contribution in [2.45, 2.75) is 70.9 Å². The lowest BCUT2D eigenvalue weighted by atomic mass is 9.85. The molecule has 1 saturated heterocycles. The monoisotopic (exact) mass is 592 g/mol. The topological polar surface area (TPSA) is 50.8 Å². The van der Waals surface area contributed by atoms with Crippen molar-refractivity contribution in [3.8, 4) is 11.5 Å². The van der Waals surface area contributed by atoms with Crippen molar-refractivity contribution < 1.29 is 14.3 Å². The highest BCUT2D eigenvalue weighted by Gasteiger charge is 2.28. The van der Waals surface area contributed by atoms with Gasteiger partial charge >= 0.3 is 0 Å². The fourth-order valence-corrected chi connectivity index (χ4v) is 6.32. The standard InChI is InChI=1S/C39H48N2O3/c1-3-4-5-9-26-44-37-20-17-33-27-35(16-15-34(33)28-37)39(42)40-38(21-14-30-10-7-6-8-11-30)32-22-24-41(25-23-32)29-31-12-18-36(43-2)19-13-31/h6-8,10-13,15-20,27-28,32,38H,3-5,9,14,21-26,29H2,1-2H3,(H,40,42). The van der Waals surface area contributed by atoms with Gasteiger partial charge in [-0.05, 0) is 109 Å². The lowest BCUT2D eigenvalue weighted by Crippen LogP contribution is -2.45. The Labute approximate surface area is 263 Å². The molecule has 0 radical (unpaired) electrons. The summed E-state index contributed by atoms with van der Waals surface area (Å²) in [5.74, 6) is 2.25. The number of ether oxygens (including phenoxy) is 2. The zero-order valence-electron chi connectivity index (χ0n) is 26.5. The first kappa shape index (κ1) is 31.6. The molecule has 1 N–H and O–H groups in total. The molecule has 44 heavy (non-hydrogen) atoms. The summed E-state index contributed by atoms with van der Waals surface area (Å²) in [7, 11) is 1.70. The molecular weight excluding hydrogens is 544 g/mol. The van der Waals surface area contributed by atoms with Gasteiger partial charge in [0.1, 0.15) is 11.5 Å². The summed E-state index contributed by atoms with van der Waals surface area (Å²) in [6, 6.07) is 31.3. The number of benzene rings is 4. The lowest BCUT2D eigenvalue weighted by molar-refractivity contribution is 0.0886. The number of hydrogen-bond donors (Lipinski definition) is 1. The number of nitrogens with one attached hydrogen (secondary N) is 1. The fourth-order valence-electron chi connectivity index (χ4n) is 6.32. The molecule has 1 atom stereocenters. The average molecular weight is 593 g/mol. The SMILES string of the molecule is CCCCCCOc1ccc2cc(C(=O)NC(CCc3ccccc3)C3CCN(Cc4ccc(OC)cc4)CC3)ccc2c1. The second-order valence-corrected chi connectivity index (χ2v) is 12.2. The predicted octanol–water partition coefficient (Wildman–Crippen LogP) is 8.45. The largest absolute Gasteiger partial charge is 0.497 e. The van der Waals surface area contributed by atoms with E-state index in [1.165, 1.54) is 30.4 Å². The zero-order valence-corrected chi connectivity index (χ0v) is 26.5. The molecule has 0 aliphatic carbocycles. The first-order valence-corrected chi connectivity index (χ1v) is 16.5. The summed E-state index contributed by atoms with van der Waals surface area (Å²) in [5, 5.41) is 5.63. The zero-order chi connectivity index (χ0) is 30.6. The van der Waals surface area contributed by atoms with Gasteiger partial charge in [0, 0.05) is 18.2 Å². The van der Waals surface area contributed by atoms with E-state index in [9.17, 15) is 4.79 Å². The van der Waals surface area contributed by atoms with Crippen LogP contribution in [0.5, 0.6) is 11.5 Å². The average Bonchev–Trinajstić information content (AvgIpc) is 3.07. The minimum Gasteiger partial charge on any atom is -0.497 e. The van der Waals surface area contributed by atoms with Crippen molar-refractivity contribution in [2.75, 3.05) is 26.8 Å². The minimum atomic E-state index is 0.0156.